The molecular weight excluding hydrogens is 316 g/mol. The molecule has 2 rings (SSSR count). The van der Waals surface area contributed by atoms with E-state index in [1.54, 1.807) is 31.2 Å². The van der Waals surface area contributed by atoms with Gasteiger partial charge in [0.25, 0.3) is 0 Å². The number of rotatable bonds is 5. The standard InChI is InChI=1S/C17H18O5S/c1-12-7-9-16(10-8-12)23(19,20)22-15-6-4-5-14(11-15)13(2)17(18)21-3/h4-11,13H,1-3H3. The van der Waals surface area contributed by atoms with Crippen LogP contribution in [0.4, 0.5) is 0 Å². The van der Waals surface area contributed by atoms with Crippen molar-refractivity contribution in [3.8, 4) is 5.75 Å². The van der Waals surface area contributed by atoms with Gasteiger partial charge in [-0.15, -0.1) is 0 Å². The number of benzene rings is 2. The van der Waals surface area contributed by atoms with Gasteiger partial charge in [0.15, 0.2) is 0 Å². The lowest BCUT2D eigenvalue weighted by atomic mass is 10.0. The van der Waals surface area contributed by atoms with E-state index in [9.17, 15) is 13.2 Å². The maximum atomic E-state index is 12.3. The van der Waals surface area contributed by atoms with Crippen LogP contribution in [0.2, 0.25) is 0 Å². The number of ether oxygens (including phenoxy) is 1. The van der Waals surface area contributed by atoms with Gasteiger partial charge in [-0.2, -0.15) is 8.42 Å². The molecule has 0 saturated heterocycles. The predicted molar refractivity (Wildman–Crippen MR) is 85.9 cm³/mol. The second-order valence-corrected chi connectivity index (χ2v) is 6.71. The van der Waals surface area contributed by atoms with Crippen molar-refractivity contribution >= 4 is 16.1 Å². The molecule has 0 fully saturated rings. The molecule has 0 N–H and O–H groups in total. The van der Waals surface area contributed by atoms with E-state index in [4.69, 9.17) is 4.18 Å². The Morgan fingerprint density at radius 1 is 1.09 bits per heavy atom. The Labute approximate surface area is 136 Å². The molecule has 0 bridgehead atoms. The fourth-order valence-corrected chi connectivity index (χ4v) is 2.95. The van der Waals surface area contributed by atoms with Gasteiger partial charge in [0.05, 0.1) is 13.0 Å². The average Bonchev–Trinajstić information content (AvgIpc) is 2.53. The van der Waals surface area contributed by atoms with E-state index in [0.29, 0.717) is 5.56 Å². The van der Waals surface area contributed by atoms with Crippen molar-refractivity contribution in [2.75, 3.05) is 7.11 Å². The molecule has 0 saturated carbocycles. The molecule has 0 aliphatic heterocycles. The fourth-order valence-electron chi connectivity index (χ4n) is 2.03. The van der Waals surface area contributed by atoms with Gasteiger partial charge in [0, 0.05) is 0 Å². The van der Waals surface area contributed by atoms with Gasteiger partial charge >= 0.3 is 16.1 Å². The summed E-state index contributed by atoms with van der Waals surface area (Å²) in [6.45, 7) is 3.55. The number of carbonyl (C=O) groups excluding carboxylic acids is 1. The quantitative estimate of drug-likeness (QED) is 0.621. The van der Waals surface area contributed by atoms with E-state index >= 15 is 0 Å². The van der Waals surface area contributed by atoms with Crippen molar-refractivity contribution in [2.24, 2.45) is 0 Å². The van der Waals surface area contributed by atoms with Crippen LogP contribution in [-0.2, 0) is 19.6 Å². The topological polar surface area (TPSA) is 69.7 Å². The largest absolute Gasteiger partial charge is 0.469 e. The zero-order valence-corrected chi connectivity index (χ0v) is 14.0. The third-order valence-electron chi connectivity index (χ3n) is 3.43. The Morgan fingerprint density at radius 2 is 1.74 bits per heavy atom. The van der Waals surface area contributed by atoms with Gasteiger partial charge in [-0.1, -0.05) is 29.8 Å². The van der Waals surface area contributed by atoms with Crippen LogP contribution in [0.5, 0.6) is 5.75 Å². The second kappa shape index (κ2) is 6.83. The number of hydrogen-bond acceptors (Lipinski definition) is 5. The molecule has 0 aliphatic carbocycles. The highest BCUT2D eigenvalue weighted by molar-refractivity contribution is 7.87. The summed E-state index contributed by atoms with van der Waals surface area (Å²) in [6, 6.07) is 12.8. The Hall–Kier alpha value is -2.34. The van der Waals surface area contributed by atoms with Crippen LogP contribution in [0.3, 0.4) is 0 Å². The van der Waals surface area contributed by atoms with E-state index < -0.39 is 22.0 Å². The summed E-state index contributed by atoms with van der Waals surface area (Å²) in [5.41, 5.74) is 1.58. The molecule has 2 aromatic carbocycles. The van der Waals surface area contributed by atoms with Gasteiger partial charge < -0.3 is 8.92 Å². The first-order chi connectivity index (χ1) is 10.8. The minimum atomic E-state index is -3.91. The van der Waals surface area contributed by atoms with E-state index in [1.165, 1.54) is 31.4 Å². The van der Waals surface area contributed by atoms with Crippen molar-refractivity contribution < 1.29 is 22.1 Å². The number of methoxy groups -OCH3 is 1. The Bertz CT molecular complexity index is 794. The van der Waals surface area contributed by atoms with Gasteiger partial charge in [-0.3, -0.25) is 4.79 Å². The molecule has 0 heterocycles. The van der Waals surface area contributed by atoms with Gasteiger partial charge in [-0.25, -0.2) is 0 Å². The van der Waals surface area contributed by atoms with E-state index in [-0.39, 0.29) is 10.6 Å². The van der Waals surface area contributed by atoms with Crippen LogP contribution in [0.15, 0.2) is 53.4 Å². The van der Waals surface area contributed by atoms with Crippen molar-refractivity contribution in [3.63, 3.8) is 0 Å². The second-order valence-electron chi connectivity index (χ2n) is 5.17. The van der Waals surface area contributed by atoms with Gasteiger partial charge in [0.1, 0.15) is 10.6 Å². The average molecular weight is 334 g/mol. The number of esters is 1. The summed E-state index contributed by atoms with van der Waals surface area (Å²) in [6.07, 6.45) is 0. The van der Waals surface area contributed by atoms with Crippen LogP contribution in [0, 0.1) is 6.92 Å². The molecule has 1 unspecified atom stereocenters. The maximum absolute atomic E-state index is 12.3. The highest BCUT2D eigenvalue weighted by Crippen LogP contribution is 2.24. The SMILES string of the molecule is COC(=O)C(C)c1cccc(OS(=O)(=O)c2ccc(C)cc2)c1. The summed E-state index contributed by atoms with van der Waals surface area (Å²) < 4.78 is 34.4. The summed E-state index contributed by atoms with van der Waals surface area (Å²) in [5, 5.41) is 0. The van der Waals surface area contributed by atoms with Crippen molar-refractivity contribution in [2.45, 2.75) is 24.7 Å². The summed E-state index contributed by atoms with van der Waals surface area (Å²) in [4.78, 5) is 11.7. The smallest absolute Gasteiger partial charge is 0.339 e. The first kappa shape index (κ1) is 17.0. The molecule has 23 heavy (non-hydrogen) atoms. The van der Waals surface area contributed by atoms with Crippen molar-refractivity contribution in [3.05, 3.63) is 59.7 Å². The summed E-state index contributed by atoms with van der Waals surface area (Å²) in [7, 11) is -2.61. The van der Waals surface area contributed by atoms with Gasteiger partial charge in [0.2, 0.25) is 0 Å². The summed E-state index contributed by atoms with van der Waals surface area (Å²) >= 11 is 0. The fraction of sp³-hybridized carbons (Fsp3) is 0.235. The third kappa shape index (κ3) is 4.10. The minimum Gasteiger partial charge on any atom is -0.469 e. The Kier molecular flexibility index (Phi) is 5.05. The van der Waals surface area contributed by atoms with Crippen LogP contribution in [-0.4, -0.2) is 21.5 Å². The monoisotopic (exact) mass is 334 g/mol. The first-order valence-corrected chi connectivity index (χ1v) is 8.43. The normalized spacial score (nSPS) is 12.5. The van der Waals surface area contributed by atoms with Gasteiger partial charge in [-0.05, 0) is 43.7 Å². The van der Waals surface area contributed by atoms with Crippen LogP contribution >= 0.6 is 0 Å². The zero-order valence-electron chi connectivity index (χ0n) is 13.1. The minimum absolute atomic E-state index is 0.0783. The molecule has 0 radical (unpaired) electrons. The third-order valence-corrected chi connectivity index (χ3v) is 4.69. The molecule has 5 nitrogen and oxygen atoms in total. The summed E-state index contributed by atoms with van der Waals surface area (Å²) in [5.74, 6) is -0.756. The molecule has 0 aliphatic rings. The van der Waals surface area contributed by atoms with Crippen LogP contribution in [0.1, 0.15) is 24.0 Å². The lowest BCUT2D eigenvalue weighted by Gasteiger charge is -2.12. The predicted octanol–water partition coefficient (Wildman–Crippen LogP) is 3.04. The highest BCUT2D eigenvalue weighted by Gasteiger charge is 2.19. The molecule has 0 aromatic heterocycles. The Morgan fingerprint density at radius 3 is 2.35 bits per heavy atom. The van der Waals surface area contributed by atoms with Crippen LogP contribution in [0.25, 0.3) is 0 Å². The molecule has 1 atom stereocenters. The molecule has 2 aromatic rings. The van der Waals surface area contributed by atoms with Crippen molar-refractivity contribution in [1.82, 2.24) is 0 Å². The Balaban J connectivity index is 2.26. The van der Waals surface area contributed by atoms with E-state index in [2.05, 4.69) is 4.74 Å². The highest BCUT2D eigenvalue weighted by atomic mass is 32.2. The lowest BCUT2D eigenvalue weighted by molar-refractivity contribution is -0.141. The van der Waals surface area contributed by atoms with E-state index in [1.807, 2.05) is 6.92 Å². The van der Waals surface area contributed by atoms with Crippen molar-refractivity contribution in [1.29, 1.82) is 0 Å². The van der Waals surface area contributed by atoms with Crippen LogP contribution < -0.4 is 4.18 Å². The maximum Gasteiger partial charge on any atom is 0.339 e. The zero-order chi connectivity index (χ0) is 17.0. The molecule has 0 spiro atoms. The number of hydrogen-bond donors (Lipinski definition) is 0. The van der Waals surface area contributed by atoms with E-state index in [0.717, 1.165) is 5.56 Å². The number of carbonyl (C=O) groups is 1. The number of aryl methyl sites for hydroxylation is 1. The molecule has 6 heteroatoms. The first-order valence-electron chi connectivity index (χ1n) is 7.02. The molecule has 122 valence electrons. The lowest BCUT2D eigenvalue weighted by Crippen LogP contribution is -2.12. The molecular formula is C17H18O5S. The molecule has 0 amide bonds.